The molecule has 1 fully saturated rings. The van der Waals surface area contributed by atoms with Crippen molar-refractivity contribution in [1.82, 2.24) is 15.0 Å². The van der Waals surface area contributed by atoms with Crippen molar-refractivity contribution in [3.05, 3.63) is 46.8 Å². The number of fused-ring (bicyclic) bond motifs is 3. The Balaban J connectivity index is 1.82. The fourth-order valence-corrected chi connectivity index (χ4v) is 5.30. The molecule has 0 spiro atoms. The highest BCUT2D eigenvalue weighted by Crippen LogP contribution is 2.39. The van der Waals surface area contributed by atoms with Gasteiger partial charge in [0.25, 0.3) is 5.91 Å². The molecule has 2 unspecified atom stereocenters. The summed E-state index contributed by atoms with van der Waals surface area (Å²) in [6.07, 6.45) is -5.50. The number of halogens is 3. The zero-order valence-corrected chi connectivity index (χ0v) is 21.9. The lowest BCUT2D eigenvalue weighted by molar-refractivity contribution is -0.274. The van der Waals surface area contributed by atoms with Gasteiger partial charge in [0.05, 0.1) is 47.2 Å². The quantitative estimate of drug-likeness (QED) is 0.336. The maximum atomic E-state index is 13.9. The standard InChI is InChI=1S/C27H26F3N3O6/c1-12-10-33(11-13(2)37-12)25(34)19-8-17(38-27(28,29)30)9-21-23(19)18-6-16(22-14(3)32-39-15(22)4)7-20(24(18)31-21)26(35)36-5/h6-9,12-13,31H,10-11H2,1-5H3. The summed E-state index contributed by atoms with van der Waals surface area (Å²) in [7, 11) is 1.23. The Morgan fingerprint density at radius 2 is 1.77 bits per heavy atom. The average Bonchev–Trinajstić information content (AvgIpc) is 3.39. The summed E-state index contributed by atoms with van der Waals surface area (Å²) in [5.74, 6) is -1.21. The van der Waals surface area contributed by atoms with Gasteiger partial charge in [0, 0.05) is 35.5 Å². The van der Waals surface area contributed by atoms with Gasteiger partial charge >= 0.3 is 12.3 Å². The number of aryl methyl sites for hydroxylation is 2. The van der Waals surface area contributed by atoms with Crippen molar-refractivity contribution in [2.24, 2.45) is 0 Å². The lowest BCUT2D eigenvalue weighted by Crippen LogP contribution is -2.48. The van der Waals surface area contributed by atoms with Gasteiger partial charge in [0.15, 0.2) is 0 Å². The lowest BCUT2D eigenvalue weighted by atomic mass is 9.96. The third-order valence-electron chi connectivity index (χ3n) is 6.68. The van der Waals surface area contributed by atoms with Crippen LogP contribution in [-0.2, 0) is 9.47 Å². The van der Waals surface area contributed by atoms with Gasteiger partial charge in [-0.25, -0.2) is 4.79 Å². The van der Waals surface area contributed by atoms with Crippen LogP contribution < -0.4 is 4.74 Å². The Kier molecular flexibility index (Phi) is 6.53. The highest BCUT2D eigenvalue weighted by molar-refractivity contribution is 6.21. The lowest BCUT2D eigenvalue weighted by Gasteiger charge is -2.35. The number of nitrogens with zero attached hydrogens (tertiary/aromatic N) is 2. The van der Waals surface area contributed by atoms with E-state index in [9.17, 15) is 22.8 Å². The number of morpholine rings is 1. The van der Waals surface area contributed by atoms with E-state index in [1.54, 1.807) is 30.9 Å². The van der Waals surface area contributed by atoms with Gasteiger partial charge in [-0.2, -0.15) is 0 Å². The number of carbonyl (C=O) groups is 2. The fraction of sp³-hybridized carbons (Fsp3) is 0.370. The summed E-state index contributed by atoms with van der Waals surface area (Å²) in [5.41, 5.74) is 2.41. The zero-order chi connectivity index (χ0) is 28.2. The van der Waals surface area contributed by atoms with Crippen molar-refractivity contribution >= 4 is 33.7 Å². The number of rotatable bonds is 4. The topological polar surface area (TPSA) is 107 Å². The van der Waals surface area contributed by atoms with E-state index < -0.39 is 24.0 Å². The van der Waals surface area contributed by atoms with Crippen LogP contribution in [0, 0.1) is 13.8 Å². The van der Waals surface area contributed by atoms with Crippen LogP contribution in [0.1, 0.15) is 46.0 Å². The molecular formula is C27H26F3N3O6. The minimum atomic E-state index is -4.98. The minimum Gasteiger partial charge on any atom is -0.465 e. The van der Waals surface area contributed by atoms with E-state index in [-0.39, 0.29) is 41.9 Å². The first-order valence-electron chi connectivity index (χ1n) is 12.2. The number of aromatic nitrogens is 2. The first-order chi connectivity index (χ1) is 18.4. The summed E-state index contributed by atoms with van der Waals surface area (Å²) in [5, 5.41) is 4.78. The SMILES string of the molecule is COC(=O)c1cc(-c2c(C)noc2C)cc2c1[nH]c1cc(OC(F)(F)F)cc(C(=O)N3CC(C)OC(C)C3)c12. The number of nitrogens with one attached hydrogen (secondary N) is 1. The molecule has 2 atom stereocenters. The first kappa shape index (κ1) is 26.5. The molecule has 1 aliphatic rings. The smallest absolute Gasteiger partial charge is 0.465 e. The molecule has 12 heteroatoms. The van der Waals surface area contributed by atoms with Gasteiger partial charge in [-0.15, -0.1) is 13.2 Å². The Morgan fingerprint density at radius 1 is 1.08 bits per heavy atom. The molecule has 206 valence electrons. The van der Waals surface area contributed by atoms with Gasteiger partial charge in [-0.3, -0.25) is 4.79 Å². The van der Waals surface area contributed by atoms with Crippen LogP contribution in [0.15, 0.2) is 28.8 Å². The summed E-state index contributed by atoms with van der Waals surface area (Å²) in [6, 6.07) is 5.58. The Labute approximate surface area is 220 Å². The van der Waals surface area contributed by atoms with Crippen LogP contribution in [0.3, 0.4) is 0 Å². The van der Waals surface area contributed by atoms with Crippen LogP contribution >= 0.6 is 0 Å². The van der Waals surface area contributed by atoms with Gasteiger partial charge < -0.3 is 28.6 Å². The van der Waals surface area contributed by atoms with Gasteiger partial charge in [-0.05, 0) is 51.5 Å². The molecule has 3 heterocycles. The number of amides is 1. The van der Waals surface area contributed by atoms with E-state index in [4.69, 9.17) is 14.0 Å². The van der Waals surface area contributed by atoms with Crippen LogP contribution in [0.5, 0.6) is 5.75 Å². The number of H-pyrrole nitrogens is 1. The van der Waals surface area contributed by atoms with Crippen molar-refractivity contribution in [3.8, 4) is 16.9 Å². The summed E-state index contributed by atoms with van der Waals surface area (Å²) >= 11 is 0. The zero-order valence-electron chi connectivity index (χ0n) is 21.9. The maximum absolute atomic E-state index is 13.9. The second-order valence-electron chi connectivity index (χ2n) is 9.67. The summed E-state index contributed by atoms with van der Waals surface area (Å²) in [4.78, 5) is 31.3. The number of benzene rings is 2. The number of alkyl halides is 3. The molecule has 0 aliphatic carbocycles. The number of esters is 1. The highest BCUT2D eigenvalue weighted by atomic mass is 19.4. The third-order valence-corrected chi connectivity index (χ3v) is 6.68. The molecule has 2 aromatic heterocycles. The van der Waals surface area contributed by atoms with Gasteiger partial charge in [-0.1, -0.05) is 5.16 Å². The molecule has 4 aromatic rings. The van der Waals surface area contributed by atoms with E-state index in [2.05, 4.69) is 14.9 Å². The summed E-state index contributed by atoms with van der Waals surface area (Å²) in [6.45, 7) is 7.63. The second kappa shape index (κ2) is 9.60. The van der Waals surface area contributed by atoms with Crippen molar-refractivity contribution in [2.75, 3.05) is 20.2 Å². The van der Waals surface area contributed by atoms with E-state index >= 15 is 0 Å². The molecule has 1 N–H and O–H groups in total. The Morgan fingerprint density at radius 3 is 2.36 bits per heavy atom. The molecule has 1 saturated heterocycles. The number of ether oxygens (including phenoxy) is 3. The molecule has 0 bridgehead atoms. The normalized spacial score (nSPS) is 18.1. The minimum absolute atomic E-state index is 0.00831. The van der Waals surface area contributed by atoms with Crippen LogP contribution in [0.4, 0.5) is 13.2 Å². The molecule has 0 radical (unpaired) electrons. The van der Waals surface area contributed by atoms with E-state index in [0.717, 1.165) is 12.1 Å². The Bertz CT molecular complexity index is 1580. The molecule has 2 aromatic carbocycles. The number of carbonyl (C=O) groups excluding carboxylic acids is 2. The molecule has 9 nitrogen and oxygen atoms in total. The number of aromatic amines is 1. The summed E-state index contributed by atoms with van der Waals surface area (Å²) < 4.78 is 59.9. The molecular weight excluding hydrogens is 519 g/mol. The fourth-order valence-electron chi connectivity index (χ4n) is 5.30. The van der Waals surface area contributed by atoms with E-state index in [1.807, 2.05) is 13.8 Å². The monoisotopic (exact) mass is 545 g/mol. The van der Waals surface area contributed by atoms with Crippen molar-refractivity contribution in [3.63, 3.8) is 0 Å². The largest absolute Gasteiger partial charge is 0.573 e. The predicted octanol–water partition coefficient (Wildman–Crippen LogP) is 5.53. The van der Waals surface area contributed by atoms with E-state index in [1.165, 1.54) is 7.11 Å². The molecule has 1 amide bonds. The highest BCUT2D eigenvalue weighted by Gasteiger charge is 2.34. The Hall–Kier alpha value is -4.06. The van der Waals surface area contributed by atoms with Gasteiger partial charge in [0.2, 0.25) is 0 Å². The van der Waals surface area contributed by atoms with Gasteiger partial charge in [0.1, 0.15) is 11.5 Å². The average molecular weight is 546 g/mol. The van der Waals surface area contributed by atoms with Crippen molar-refractivity contribution in [1.29, 1.82) is 0 Å². The van der Waals surface area contributed by atoms with Crippen LogP contribution in [0.25, 0.3) is 32.9 Å². The third kappa shape index (κ3) is 4.91. The van der Waals surface area contributed by atoms with Crippen LogP contribution in [-0.4, -0.2) is 65.7 Å². The van der Waals surface area contributed by atoms with Crippen molar-refractivity contribution < 1.29 is 41.5 Å². The molecule has 0 saturated carbocycles. The second-order valence-corrected chi connectivity index (χ2v) is 9.67. The van der Waals surface area contributed by atoms with E-state index in [0.29, 0.717) is 38.9 Å². The number of hydrogen-bond donors (Lipinski definition) is 1. The first-order valence-corrected chi connectivity index (χ1v) is 12.2. The molecule has 39 heavy (non-hydrogen) atoms. The molecule has 1 aliphatic heterocycles. The molecule has 5 rings (SSSR count). The number of methoxy groups -OCH3 is 1. The van der Waals surface area contributed by atoms with Crippen LogP contribution in [0.2, 0.25) is 0 Å². The predicted molar refractivity (Wildman–Crippen MR) is 135 cm³/mol. The maximum Gasteiger partial charge on any atom is 0.573 e. The van der Waals surface area contributed by atoms with Crippen molar-refractivity contribution in [2.45, 2.75) is 46.3 Å². The number of hydrogen-bond acceptors (Lipinski definition) is 7.